The van der Waals surface area contributed by atoms with E-state index in [-0.39, 0.29) is 5.91 Å². The first-order valence-electron chi connectivity index (χ1n) is 7.54. The molecule has 24 heavy (non-hydrogen) atoms. The van der Waals surface area contributed by atoms with Crippen LogP contribution < -0.4 is 10.1 Å². The second-order valence-electron chi connectivity index (χ2n) is 5.10. The molecule has 1 N–H and O–H groups in total. The zero-order valence-electron chi connectivity index (χ0n) is 13.4. The predicted octanol–water partition coefficient (Wildman–Crippen LogP) is 4.30. The van der Waals surface area contributed by atoms with E-state index in [2.05, 4.69) is 34.3 Å². The molecular weight excluding hydrogens is 342 g/mol. The van der Waals surface area contributed by atoms with Gasteiger partial charge in [-0.1, -0.05) is 19.1 Å². The van der Waals surface area contributed by atoms with E-state index in [4.69, 9.17) is 4.74 Å². The van der Waals surface area contributed by atoms with Gasteiger partial charge in [-0.15, -0.1) is 22.7 Å². The third-order valence-corrected chi connectivity index (χ3v) is 5.21. The van der Waals surface area contributed by atoms with E-state index in [1.54, 1.807) is 6.20 Å². The number of aryl methyl sites for hydroxylation is 2. The SMILES string of the molecule is CCc1ccc(OCc2nc(C)c(C(=O)Nc3nccs3)s2)cc1. The van der Waals surface area contributed by atoms with E-state index < -0.39 is 0 Å². The average molecular weight is 359 g/mol. The van der Waals surface area contributed by atoms with E-state index in [0.717, 1.165) is 17.2 Å². The minimum absolute atomic E-state index is 0.182. The number of amides is 1. The Balaban J connectivity index is 1.63. The maximum atomic E-state index is 12.3. The highest BCUT2D eigenvalue weighted by Crippen LogP contribution is 2.22. The summed E-state index contributed by atoms with van der Waals surface area (Å²) in [4.78, 5) is 21.3. The number of hydrogen-bond acceptors (Lipinski definition) is 6. The van der Waals surface area contributed by atoms with Crippen LogP contribution in [-0.2, 0) is 13.0 Å². The van der Waals surface area contributed by atoms with Gasteiger partial charge in [0.1, 0.15) is 22.2 Å². The number of nitrogens with one attached hydrogen (secondary N) is 1. The molecule has 124 valence electrons. The third-order valence-electron chi connectivity index (χ3n) is 3.39. The van der Waals surface area contributed by atoms with Crippen LogP contribution in [0.5, 0.6) is 5.75 Å². The van der Waals surface area contributed by atoms with Gasteiger partial charge >= 0.3 is 0 Å². The first-order valence-corrected chi connectivity index (χ1v) is 9.24. The molecule has 2 heterocycles. The van der Waals surface area contributed by atoms with Gasteiger partial charge in [-0.2, -0.15) is 0 Å². The van der Waals surface area contributed by atoms with Crippen LogP contribution in [0.4, 0.5) is 5.13 Å². The van der Waals surface area contributed by atoms with Crippen LogP contribution in [0.3, 0.4) is 0 Å². The summed E-state index contributed by atoms with van der Waals surface area (Å²) in [7, 11) is 0. The third kappa shape index (κ3) is 3.98. The molecule has 0 radical (unpaired) electrons. The van der Waals surface area contributed by atoms with E-state index in [9.17, 15) is 4.79 Å². The summed E-state index contributed by atoms with van der Waals surface area (Å²) in [5.41, 5.74) is 1.97. The van der Waals surface area contributed by atoms with Gasteiger partial charge in [0.05, 0.1) is 5.69 Å². The number of anilines is 1. The van der Waals surface area contributed by atoms with Gasteiger partial charge in [-0.3, -0.25) is 10.1 Å². The molecule has 0 aliphatic carbocycles. The Kier molecular flexibility index (Phi) is 5.22. The normalized spacial score (nSPS) is 10.6. The van der Waals surface area contributed by atoms with Gasteiger partial charge in [0, 0.05) is 11.6 Å². The molecule has 7 heteroatoms. The summed E-state index contributed by atoms with van der Waals surface area (Å²) >= 11 is 2.73. The van der Waals surface area contributed by atoms with Crippen LogP contribution in [0.15, 0.2) is 35.8 Å². The maximum absolute atomic E-state index is 12.3. The van der Waals surface area contributed by atoms with Gasteiger partial charge in [-0.05, 0) is 31.0 Å². The lowest BCUT2D eigenvalue weighted by Gasteiger charge is -2.04. The minimum atomic E-state index is -0.182. The van der Waals surface area contributed by atoms with E-state index in [1.807, 2.05) is 24.4 Å². The molecule has 0 unspecified atom stereocenters. The monoisotopic (exact) mass is 359 g/mol. The van der Waals surface area contributed by atoms with Crippen molar-refractivity contribution in [2.24, 2.45) is 0 Å². The molecule has 0 saturated heterocycles. The Labute approximate surface area is 148 Å². The second kappa shape index (κ2) is 7.55. The molecule has 1 amide bonds. The predicted molar refractivity (Wildman–Crippen MR) is 97.1 cm³/mol. The Morgan fingerprint density at radius 1 is 1.29 bits per heavy atom. The molecule has 5 nitrogen and oxygen atoms in total. The first-order chi connectivity index (χ1) is 11.7. The molecule has 0 aliphatic rings. The van der Waals surface area contributed by atoms with Crippen molar-refractivity contribution in [2.45, 2.75) is 26.9 Å². The number of carbonyl (C=O) groups excluding carboxylic acids is 1. The van der Waals surface area contributed by atoms with Crippen LogP contribution in [0.1, 0.15) is 32.9 Å². The highest BCUT2D eigenvalue weighted by molar-refractivity contribution is 7.15. The average Bonchev–Trinajstić information content (AvgIpc) is 3.23. The summed E-state index contributed by atoms with van der Waals surface area (Å²) in [6, 6.07) is 8.01. The highest BCUT2D eigenvalue weighted by atomic mass is 32.1. The molecular formula is C17H17N3O2S2. The molecule has 0 saturated carbocycles. The number of thiazole rings is 2. The van der Waals surface area contributed by atoms with Gasteiger partial charge in [-0.25, -0.2) is 9.97 Å². The topological polar surface area (TPSA) is 64.1 Å². The Morgan fingerprint density at radius 3 is 2.75 bits per heavy atom. The summed E-state index contributed by atoms with van der Waals surface area (Å²) in [5, 5.41) is 5.95. The van der Waals surface area contributed by atoms with Crippen LogP contribution in [0.25, 0.3) is 0 Å². The molecule has 3 aromatic rings. The number of aromatic nitrogens is 2. The highest BCUT2D eigenvalue weighted by Gasteiger charge is 2.16. The van der Waals surface area contributed by atoms with Gasteiger partial charge in [0.2, 0.25) is 0 Å². The largest absolute Gasteiger partial charge is 0.486 e. The molecule has 0 fully saturated rings. The molecule has 0 bridgehead atoms. The van der Waals surface area contributed by atoms with Crippen LogP contribution in [-0.4, -0.2) is 15.9 Å². The van der Waals surface area contributed by atoms with Gasteiger partial charge in [0.25, 0.3) is 5.91 Å². The first kappa shape index (κ1) is 16.6. The fraction of sp³-hybridized carbons (Fsp3) is 0.235. The Bertz CT molecular complexity index is 811. The van der Waals surface area contributed by atoms with Crippen molar-refractivity contribution in [2.75, 3.05) is 5.32 Å². The fourth-order valence-corrected chi connectivity index (χ4v) is 3.53. The van der Waals surface area contributed by atoms with Gasteiger partial charge < -0.3 is 4.74 Å². The Hall–Kier alpha value is -2.25. The quantitative estimate of drug-likeness (QED) is 0.712. The van der Waals surface area contributed by atoms with Crippen molar-refractivity contribution >= 4 is 33.7 Å². The van der Waals surface area contributed by atoms with Crippen molar-refractivity contribution in [3.05, 3.63) is 57.0 Å². The zero-order valence-corrected chi connectivity index (χ0v) is 15.0. The summed E-state index contributed by atoms with van der Waals surface area (Å²) in [6.07, 6.45) is 2.66. The number of benzene rings is 1. The van der Waals surface area contributed by atoms with Crippen molar-refractivity contribution in [3.63, 3.8) is 0 Å². The lowest BCUT2D eigenvalue weighted by molar-refractivity contribution is 0.103. The Morgan fingerprint density at radius 2 is 2.08 bits per heavy atom. The van der Waals surface area contributed by atoms with Crippen molar-refractivity contribution in [1.29, 1.82) is 0 Å². The standard InChI is InChI=1S/C17H17N3O2S2/c1-3-12-4-6-13(7-5-12)22-10-14-19-11(2)15(24-14)16(21)20-17-18-8-9-23-17/h4-9H,3,10H2,1-2H3,(H,18,20,21). The van der Waals surface area contributed by atoms with Crippen LogP contribution in [0, 0.1) is 6.92 Å². The smallest absolute Gasteiger partial charge is 0.269 e. The van der Waals surface area contributed by atoms with E-state index >= 15 is 0 Å². The molecule has 0 aliphatic heterocycles. The lowest BCUT2D eigenvalue weighted by Crippen LogP contribution is -2.11. The lowest BCUT2D eigenvalue weighted by atomic mass is 10.2. The molecule has 0 spiro atoms. The number of hydrogen-bond donors (Lipinski definition) is 1. The second-order valence-corrected chi connectivity index (χ2v) is 7.08. The zero-order chi connectivity index (χ0) is 16.9. The summed E-state index contributed by atoms with van der Waals surface area (Å²) < 4.78 is 5.75. The molecule has 2 aromatic heterocycles. The maximum Gasteiger partial charge on any atom is 0.269 e. The van der Waals surface area contributed by atoms with E-state index in [0.29, 0.717) is 22.3 Å². The fourth-order valence-electron chi connectivity index (χ4n) is 2.13. The molecule has 1 aromatic carbocycles. The number of ether oxygens (including phenoxy) is 1. The summed E-state index contributed by atoms with van der Waals surface area (Å²) in [5.74, 6) is 0.618. The van der Waals surface area contributed by atoms with E-state index in [1.165, 1.54) is 28.2 Å². The van der Waals surface area contributed by atoms with Crippen LogP contribution >= 0.6 is 22.7 Å². The van der Waals surface area contributed by atoms with Crippen molar-refractivity contribution < 1.29 is 9.53 Å². The number of rotatable bonds is 6. The molecule has 0 atom stereocenters. The van der Waals surface area contributed by atoms with Crippen LogP contribution in [0.2, 0.25) is 0 Å². The number of nitrogens with zero attached hydrogens (tertiary/aromatic N) is 2. The summed E-state index contributed by atoms with van der Waals surface area (Å²) in [6.45, 7) is 4.29. The minimum Gasteiger partial charge on any atom is -0.486 e. The van der Waals surface area contributed by atoms with Crippen molar-refractivity contribution in [3.8, 4) is 5.75 Å². The van der Waals surface area contributed by atoms with Crippen molar-refractivity contribution in [1.82, 2.24) is 9.97 Å². The molecule has 3 rings (SSSR count). The van der Waals surface area contributed by atoms with Gasteiger partial charge in [0.15, 0.2) is 5.13 Å². The number of carbonyl (C=O) groups is 1.